The van der Waals surface area contributed by atoms with Crippen molar-refractivity contribution in [3.05, 3.63) is 16.1 Å². The number of esters is 1. The maximum Gasteiger partial charge on any atom is 0.328 e. The molecular formula is C13H19N3O3S. The van der Waals surface area contributed by atoms with Crippen LogP contribution in [0.15, 0.2) is 5.38 Å². The van der Waals surface area contributed by atoms with Gasteiger partial charge >= 0.3 is 5.97 Å². The van der Waals surface area contributed by atoms with Crippen molar-refractivity contribution in [1.29, 1.82) is 0 Å². The zero-order valence-corrected chi connectivity index (χ0v) is 12.3. The van der Waals surface area contributed by atoms with E-state index in [-0.39, 0.29) is 11.9 Å². The van der Waals surface area contributed by atoms with Gasteiger partial charge in [0.1, 0.15) is 11.7 Å². The van der Waals surface area contributed by atoms with Crippen molar-refractivity contribution in [2.45, 2.75) is 31.7 Å². The summed E-state index contributed by atoms with van der Waals surface area (Å²) >= 11 is 1.43. The van der Waals surface area contributed by atoms with Crippen LogP contribution in [-0.4, -0.2) is 48.0 Å². The van der Waals surface area contributed by atoms with Gasteiger partial charge in [0.15, 0.2) is 0 Å². The molecule has 1 fully saturated rings. The number of likely N-dealkylation sites (tertiary alicyclic amines) is 1. The maximum absolute atomic E-state index is 12.5. The van der Waals surface area contributed by atoms with Crippen molar-refractivity contribution in [2.24, 2.45) is 5.73 Å². The van der Waals surface area contributed by atoms with E-state index >= 15 is 0 Å². The molecule has 1 amide bonds. The van der Waals surface area contributed by atoms with Gasteiger partial charge < -0.3 is 15.4 Å². The van der Waals surface area contributed by atoms with Gasteiger partial charge in [0.05, 0.1) is 12.1 Å². The summed E-state index contributed by atoms with van der Waals surface area (Å²) in [5.74, 6) is -0.546. The van der Waals surface area contributed by atoms with Gasteiger partial charge in [-0.15, -0.1) is 11.3 Å². The highest BCUT2D eigenvalue weighted by Gasteiger charge is 2.34. The molecule has 0 radical (unpaired) electrons. The van der Waals surface area contributed by atoms with Crippen LogP contribution in [0.3, 0.4) is 0 Å². The third-order valence-corrected chi connectivity index (χ3v) is 4.27. The van der Waals surface area contributed by atoms with Crippen LogP contribution in [0.1, 0.15) is 34.8 Å². The van der Waals surface area contributed by atoms with Crippen LogP contribution in [0.2, 0.25) is 0 Å². The van der Waals surface area contributed by atoms with E-state index in [1.54, 1.807) is 10.3 Å². The molecule has 20 heavy (non-hydrogen) atoms. The highest BCUT2D eigenvalue weighted by atomic mass is 32.1. The molecule has 0 saturated carbocycles. The van der Waals surface area contributed by atoms with Crippen LogP contribution in [0.4, 0.5) is 0 Å². The van der Waals surface area contributed by atoms with Gasteiger partial charge in [-0.05, 0) is 25.8 Å². The number of rotatable bonds is 4. The van der Waals surface area contributed by atoms with E-state index in [1.165, 1.54) is 18.4 Å². The number of ether oxygens (including phenoxy) is 1. The lowest BCUT2D eigenvalue weighted by Gasteiger charge is -2.33. The molecule has 1 atom stereocenters. The molecule has 2 N–H and O–H groups in total. The number of nitrogens with zero attached hydrogens (tertiary/aromatic N) is 2. The van der Waals surface area contributed by atoms with Crippen LogP contribution < -0.4 is 5.73 Å². The second-order valence-corrected chi connectivity index (χ2v) is 5.64. The number of aromatic nitrogens is 1. The first-order valence-corrected chi connectivity index (χ1v) is 7.58. The van der Waals surface area contributed by atoms with Crippen molar-refractivity contribution in [3.8, 4) is 0 Å². The summed E-state index contributed by atoms with van der Waals surface area (Å²) in [5.41, 5.74) is 5.88. The Bertz CT molecular complexity index is 489. The quantitative estimate of drug-likeness (QED) is 0.831. The summed E-state index contributed by atoms with van der Waals surface area (Å²) in [5, 5.41) is 2.58. The SMILES string of the molecule is COC(=O)C1CCCCN1C(=O)c1csc(CCN)n1. The predicted molar refractivity (Wildman–Crippen MR) is 75.6 cm³/mol. The van der Waals surface area contributed by atoms with Crippen molar-refractivity contribution in [3.63, 3.8) is 0 Å². The molecule has 1 unspecified atom stereocenters. The minimum absolute atomic E-state index is 0.195. The van der Waals surface area contributed by atoms with E-state index in [1.807, 2.05) is 0 Å². The van der Waals surface area contributed by atoms with Crippen molar-refractivity contribution >= 4 is 23.2 Å². The number of methoxy groups -OCH3 is 1. The molecule has 110 valence electrons. The minimum Gasteiger partial charge on any atom is -0.467 e. The summed E-state index contributed by atoms with van der Waals surface area (Å²) in [6.07, 6.45) is 3.15. The lowest BCUT2D eigenvalue weighted by molar-refractivity contribution is -0.147. The Morgan fingerprint density at radius 3 is 3.05 bits per heavy atom. The van der Waals surface area contributed by atoms with Gasteiger partial charge in [-0.2, -0.15) is 0 Å². The van der Waals surface area contributed by atoms with Crippen LogP contribution in [-0.2, 0) is 16.0 Å². The molecule has 7 heteroatoms. The van der Waals surface area contributed by atoms with Crippen LogP contribution in [0, 0.1) is 0 Å². The Balaban J connectivity index is 2.14. The number of thiazole rings is 1. The predicted octanol–water partition coefficient (Wildman–Crippen LogP) is 0.812. The van der Waals surface area contributed by atoms with Gasteiger partial charge in [-0.3, -0.25) is 4.79 Å². The van der Waals surface area contributed by atoms with Gasteiger partial charge in [0, 0.05) is 18.3 Å². The molecule has 0 spiro atoms. The number of amides is 1. The van der Waals surface area contributed by atoms with Crippen LogP contribution in [0.5, 0.6) is 0 Å². The van der Waals surface area contributed by atoms with Crippen LogP contribution >= 0.6 is 11.3 Å². The molecule has 0 aromatic carbocycles. The molecule has 1 aromatic heterocycles. The first-order chi connectivity index (χ1) is 9.67. The molecule has 1 aliphatic rings. The third kappa shape index (κ3) is 3.16. The smallest absolute Gasteiger partial charge is 0.328 e. The van der Waals surface area contributed by atoms with Crippen molar-refractivity contribution < 1.29 is 14.3 Å². The lowest BCUT2D eigenvalue weighted by Crippen LogP contribution is -2.48. The number of nitrogens with two attached hydrogens (primary N) is 1. The molecule has 0 aliphatic carbocycles. The first-order valence-electron chi connectivity index (χ1n) is 6.70. The normalized spacial score (nSPS) is 18.9. The largest absolute Gasteiger partial charge is 0.467 e. The molecular weight excluding hydrogens is 278 g/mol. The molecule has 2 heterocycles. The van der Waals surface area contributed by atoms with E-state index in [4.69, 9.17) is 10.5 Å². The van der Waals surface area contributed by atoms with E-state index in [0.29, 0.717) is 31.6 Å². The summed E-state index contributed by atoms with van der Waals surface area (Å²) in [4.78, 5) is 30.1. The van der Waals surface area contributed by atoms with E-state index in [2.05, 4.69) is 4.98 Å². The van der Waals surface area contributed by atoms with Gasteiger partial charge in [0.25, 0.3) is 5.91 Å². The van der Waals surface area contributed by atoms with Gasteiger partial charge in [-0.25, -0.2) is 9.78 Å². The second-order valence-electron chi connectivity index (χ2n) is 4.70. The molecule has 2 rings (SSSR count). The Morgan fingerprint density at radius 1 is 1.55 bits per heavy atom. The van der Waals surface area contributed by atoms with Crippen molar-refractivity contribution in [1.82, 2.24) is 9.88 Å². The fourth-order valence-electron chi connectivity index (χ4n) is 2.35. The second kappa shape index (κ2) is 6.81. The average molecular weight is 297 g/mol. The summed E-state index contributed by atoms with van der Waals surface area (Å²) < 4.78 is 4.78. The standard InChI is InChI=1S/C13H19N3O3S/c1-19-13(18)10-4-2-3-7-16(10)12(17)9-8-20-11(15-9)5-6-14/h8,10H,2-7,14H2,1H3. The van der Waals surface area contributed by atoms with E-state index < -0.39 is 6.04 Å². The van der Waals surface area contributed by atoms with Gasteiger partial charge in [-0.1, -0.05) is 0 Å². The topological polar surface area (TPSA) is 85.5 Å². The monoisotopic (exact) mass is 297 g/mol. The van der Waals surface area contributed by atoms with Gasteiger partial charge in [0.2, 0.25) is 0 Å². The zero-order valence-electron chi connectivity index (χ0n) is 11.5. The number of carbonyl (C=O) groups excluding carboxylic acids is 2. The third-order valence-electron chi connectivity index (χ3n) is 3.37. The van der Waals surface area contributed by atoms with Crippen LogP contribution in [0.25, 0.3) is 0 Å². The Hall–Kier alpha value is -1.47. The fraction of sp³-hybridized carbons (Fsp3) is 0.615. The summed E-state index contributed by atoms with van der Waals surface area (Å²) in [7, 11) is 1.35. The maximum atomic E-state index is 12.5. The molecule has 1 aromatic rings. The van der Waals surface area contributed by atoms with E-state index in [9.17, 15) is 9.59 Å². The molecule has 0 bridgehead atoms. The highest BCUT2D eigenvalue weighted by Crippen LogP contribution is 2.21. The summed E-state index contributed by atoms with van der Waals surface area (Å²) in [6, 6.07) is -0.485. The Labute approximate surface area is 121 Å². The number of hydrogen-bond acceptors (Lipinski definition) is 6. The molecule has 6 nitrogen and oxygen atoms in total. The minimum atomic E-state index is -0.485. The number of piperidine rings is 1. The first kappa shape index (κ1) is 14.9. The molecule has 1 aliphatic heterocycles. The lowest BCUT2D eigenvalue weighted by atomic mass is 10.0. The summed E-state index contributed by atoms with van der Waals surface area (Å²) in [6.45, 7) is 1.08. The Kier molecular flexibility index (Phi) is 5.08. The number of carbonyl (C=O) groups is 2. The zero-order chi connectivity index (χ0) is 14.5. The molecule has 1 saturated heterocycles. The van der Waals surface area contributed by atoms with Crippen molar-refractivity contribution in [2.75, 3.05) is 20.2 Å². The van der Waals surface area contributed by atoms with E-state index in [0.717, 1.165) is 17.8 Å². The number of hydrogen-bond donors (Lipinski definition) is 1. The average Bonchev–Trinajstić information content (AvgIpc) is 2.94. The Morgan fingerprint density at radius 2 is 2.35 bits per heavy atom. The fourth-order valence-corrected chi connectivity index (χ4v) is 3.14. The highest BCUT2D eigenvalue weighted by molar-refractivity contribution is 7.09.